The molecule has 0 aromatic heterocycles. The number of benzene rings is 2. The van der Waals surface area contributed by atoms with Crippen molar-refractivity contribution in [3.05, 3.63) is 82.5 Å². The third-order valence-electron chi connectivity index (χ3n) is 5.08. The topological polar surface area (TPSA) is 61.8 Å². The lowest BCUT2D eigenvalue weighted by Gasteiger charge is -2.16. The minimum atomic E-state index is -0.518. The predicted octanol–water partition coefficient (Wildman–Crippen LogP) is 6.37. The second-order valence-corrected chi connectivity index (χ2v) is 8.03. The number of ether oxygens (including phenoxy) is 3. The Morgan fingerprint density at radius 2 is 1.73 bits per heavy atom. The lowest BCUT2D eigenvalue weighted by molar-refractivity contribution is 0.0521. The van der Waals surface area contributed by atoms with Gasteiger partial charge in [-0.15, -0.1) is 0 Å². The van der Waals surface area contributed by atoms with E-state index in [0.717, 1.165) is 12.8 Å². The molecule has 0 aliphatic carbocycles. The van der Waals surface area contributed by atoms with Gasteiger partial charge in [0.15, 0.2) is 5.78 Å². The molecule has 0 atom stereocenters. The quantitative estimate of drug-likeness (QED) is 0.214. The number of rotatable bonds is 12. The number of esters is 1. The first-order valence-electron chi connectivity index (χ1n) is 11.2. The highest BCUT2D eigenvalue weighted by Gasteiger charge is 2.23. The Bertz CT molecular complexity index is 998. The summed E-state index contributed by atoms with van der Waals surface area (Å²) in [6.07, 6.45) is 6.15. The van der Waals surface area contributed by atoms with Crippen molar-refractivity contribution in [2.24, 2.45) is 0 Å². The van der Waals surface area contributed by atoms with E-state index < -0.39 is 5.97 Å². The first kappa shape index (κ1) is 25.9. The average Bonchev–Trinajstić information content (AvgIpc) is 2.79. The largest absolute Gasteiger partial charge is 0.497 e. The molecule has 2 aromatic rings. The van der Waals surface area contributed by atoms with Crippen molar-refractivity contribution in [2.45, 2.75) is 47.0 Å². The number of Topliss-reactive ketones (excluding diaryl/α,β-unsaturated/α-hetero) is 1. The van der Waals surface area contributed by atoms with Crippen LogP contribution in [0.4, 0.5) is 0 Å². The zero-order chi connectivity index (χ0) is 24.2. The standard InChI is InChI=1S/C28H34O5/c1-6-32-28(30)27-23(18-25(29)22-13-8-7-9-14-22)17-24(31-5)19-26(27)33-16-15-21(4)12-10-11-20(2)3/h7-9,11,13-15,17,19H,6,10,12,16,18H2,1-5H3/b21-15+. The summed E-state index contributed by atoms with van der Waals surface area (Å²) >= 11 is 0. The Balaban J connectivity index is 2.32. The Morgan fingerprint density at radius 1 is 1.00 bits per heavy atom. The number of methoxy groups -OCH3 is 1. The minimum Gasteiger partial charge on any atom is -0.497 e. The Labute approximate surface area is 197 Å². The molecular formula is C28H34O5. The van der Waals surface area contributed by atoms with Crippen LogP contribution < -0.4 is 9.47 Å². The van der Waals surface area contributed by atoms with E-state index in [9.17, 15) is 9.59 Å². The zero-order valence-corrected chi connectivity index (χ0v) is 20.3. The first-order valence-corrected chi connectivity index (χ1v) is 11.2. The maximum atomic E-state index is 12.9. The number of carbonyl (C=O) groups excluding carboxylic acids is 2. The fourth-order valence-electron chi connectivity index (χ4n) is 3.31. The lowest BCUT2D eigenvalue weighted by Crippen LogP contribution is -2.14. The molecule has 5 heteroatoms. The summed E-state index contributed by atoms with van der Waals surface area (Å²) in [5.41, 5.74) is 3.85. The van der Waals surface area contributed by atoms with Crippen LogP contribution in [0.3, 0.4) is 0 Å². The predicted molar refractivity (Wildman–Crippen MR) is 131 cm³/mol. The van der Waals surface area contributed by atoms with Crippen LogP contribution in [0, 0.1) is 0 Å². The molecule has 0 saturated carbocycles. The van der Waals surface area contributed by atoms with Crippen LogP contribution in [0.5, 0.6) is 11.5 Å². The molecule has 33 heavy (non-hydrogen) atoms. The van der Waals surface area contributed by atoms with E-state index in [1.807, 2.05) is 24.3 Å². The third kappa shape index (κ3) is 8.26. The highest BCUT2D eigenvalue weighted by Crippen LogP contribution is 2.31. The number of hydrogen-bond donors (Lipinski definition) is 0. The average molecular weight is 451 g/mol. The zero-order valence-electron chi connectivity index (χ0n) is 20.3. The summed E-state index contributed by atoms with van der Waals surface area (Å²) in [7, 11) is 1.54. The molecular weight excluding hydrogens is 416 g/mol. The van der Waals surface area contributed by atoms with Crippen LogP contribution >= 0.6 is 0 Å². The maximum absolute atomic E-state index is 12.9. The van der Waals surface area contributed by atoms with Crippen LogP contribution in [-0.2, 0) is 11.2 Å². The monoisotopic (exact) mass is 450 g/mol. The van der Waals surface area contributed by atoms with Crippen molar-refractivity contribution < 1.29 is 23.8 Å². The molecule has 0 N–H and O–H groups in total. The molecule has 0 fully saturated rings. The molecule has 0 heterocycles. The second kappa shape index (κ2) is 13.3. The molecule has 2 rings (SSSR count). The fraction of sp³-hybridized carbons (Fsp3) is 0.357. The lowest BCUT2D eigenvalue weighted by atomic mass is 9.97. The van der Waals surface area contributed by atoms with Gasteiger partial charge in [-0.25, -0.2) is 4.79 Å². The molecule has 2 aromatic carbocycles. The van der Waals surface area contributed by atoms with Gasteiger partial charge in [-0.05, 0) is 58.2 Å². The highest BCUT2D eigenvalue weighted by atomic mass is 16.5. The van der Waals surface area contributed by atoms with Crippen molar-refractivity contribution in [1.29, 1.82) is 0 Å². The normalized spacial score (nSPS) is 11.0. The van der Waals surface area contributed by atoms with Crippen LogP contribution in [0.15, 0.2) is 65.8 Å². The fourth-order valence-corrected chi connectivity index (χ4v) is 3.31. The van der Waals surface area contributed by atoms with Gasteiger partial charge in [-0.1, -0.05) is 47.6 Å². The van der Waals surface area contributed by atoms with Gasteiger partial charge in [-0.3, -0.25) is 4.79 Å². The number of ketones is 1. The Morgan fingerprint density at radius 3 is 2.36 bits per heavy atom. The summed E-state index contributed by atoms with van der Waals surface area (Å²) in [5.74, 6) is 0.237. The van der Waals surface area contributed by atoms with E-state index in [-0.39, 0.29) is 24.4 Å². The molecule has 0 aliphatic rings. The van der Waals surface area contributed by atoms with Crippen molar-refractivity contribution in [3.8, 4) is 11.5 Å². The second-order valence-electron chi connectivity index (χ2n) is 8.03. The molecule has 0 aliphatic heterocycles. The number of carbonyl (C=O) groups is 2. The molecule has 0 radical (unpaired) electrons. The summed E-state index contributed by atoms with van der Waals surface area (Å²) < 4.78 is 16.7. The van der Waals surface area contributed by atoms with Crippen LogP contribution in [0.1, 0.15) is 66.8 Å². The van der Waals surface area contributed by atoms with Crippen molar-refractivity contribution in [3.63, 3.8) is 0 Å². The van der Waals surface area contributed by atoms with Crippen LogP contribution in [-0.4, -0.2) is 32.1 Å². The maximum Gasteiger partial charge on any atom is 0.342 e. The van der Waals surface area contributed by atoms with Crippen LogP contribution in [0.25, 0.3) is 0 Å². The van der Waals surface area contributed by atoms with E-state index in [1.54, 1.807) is 38.3 Å². The van der Waals surface area contributed by atoms with Crippen LogP contribution in [0.2, 0.25) is 0 Å². The summed E-state index contributed by atoms with van der Waals surface area (Å²) in [6, 6.07) is 12.3. The van der Waals surface area contributed by atoms with E-state index in [4.69, 9.17) is 14.2 Å². The van der Waals surface area contributed by atoms with Crippen molar-refractivity contribution >= 4 is 11.8 Å². The van der Waals surface area contributed by atoms with Gasteiger partial charge in [0.25, 0.3) is 0 Å². The SMILES string of the molecule is CCOC(=O)c1c(CC(=O)c2ccccc2)cc(OC)cc1OC/C=C(\C)CCC=C(C)C. The van der Waals surface area contributed by atoms with E-state index in [2.05, 4.69) is 26.8 Å². The van der Waals surface area contributed by atoms with Gasteiger partial charge < -0.3 is 14.2 Å². The Kier molecular flexibility index (Phi) is 10.4. The summed E-state index contributed by atoms with van der Waals surface area (Å²) in [5, 5.41) is 0. The van der Waals surface area contributed by atoms with E-state index in [1.165, 1.54) is 11.1 Å². The van der Waals surface area contributed by atoms with E-state index in [0.29, 0.717) is 29.2 Å². The molecule has 0 bridgehead atoms. The third-order valence-corrected chi connectivity index (χ3v) is 5.08. The van der Waals surface area contributed by atoms with Gasteiger partial charge in [0.2, 0.25) is 0 Å². The Hall–Kier alpha value is -3.34. The van der Waals surface area contributed by atoms with E-state index >= 15 is 0 Å². The molecule has 0 spiro atoms. The van der Waals surface area contributed by atoms with Gasteiger partial charge in [0.1, 0.15) is 23.7 Å². The molecule has 0 unspecified atom stereocenters. The summed E-state index contributed by atoms with van der Waals surface area (Å²) in [4.78, 5) is 25.7. The summed E-state index contributed by atoms with van der Waals surface area (Å²) in [6.45, 7) is 8.50. The smallest absolute Gasteiger partial charge is 0.342 e. The number of hydrogen-bond acceptors (Lipinski definition) is 5. The minimum absolute atomic E-state index is 0.0310. The van der Waals surface area contributed by atoms with Gasteiger partial charge in [-0.2, -0.15) is 0 Å². The molecule has 0 saturated heterocycles. The van der Waals surface area contributed by atoms with Crippen molar-refractivity contribution in [2.75, 3.05) is 20.3 Å². The molecule has 176 valence electrons. The number of allylic oxidation sites excluding steroid dienone is 3. The highest BCUT2D eigenvalue weighted by molar-refractivity contribution is 6.01. The van der Waals surface area contributed by atoms with Crippen molar-refractivity contribution in [1.82, 2.24) is 0 Å². The molecule has 0 amide bonds. The van der Waals surface area contributed by atoms with Gasteiger partial charge in [0.05, 0.1) is 13.7 Å². The molecule has 5 nitrogen and oxygen atoms in total. The first-order chi connectivity index (χ1) is 15.8. The van der Waals surface area contributed by atoms with Gasteiger partial charge in [0, 0.05) is 18.1 Å². The van der Waals surface area contributed by atoms with Gasteiger partial charge >= 0.3 is 5.97 Å².